The van der Waals surface area contributed by atoms with Crippen LogP contribution in [0, 0.1) is 0 Å². The van der Waals surface area contributed by atoms with E-state index < -0.39 is 0 Å². The number of aromatic hydroxyl groups is 3. The monoisotopic (exact) mass is 402 g/mol. The lowest BCUT2D eigenvalue weighted by molar-refractivity contribution is -0.858. The van der Waals surface area contributed by atoms with Crippen molar-refractivity contribution in [2.45, 2.75) is 38.5 Å². The summed E-state index contributed by atoms with van der Waals surface area (Å²) in [5, 5.41) is 29.5. The number of phenolic OH excluding ortho intramolecular Hbond substituents is 3. The Morgan fingerprint density at radius 3 is 2.31 bits per heavy atom. The van der Waals surface area contributed by atoms with Gasteiger partial charge < -0.3 is 25.0 Å². The van der Waals surface area contributed by atoms with E-state index in [0.717, 1.165) is 29.7 Å². The Morgan fingerprint density at radius 2 is 1.69 bits per heavy atom. The molecule has 29 heavy (non-hydrogen) atoms. The number of carbonyl (C=O) groups is 1. The van der Waals surface area contributed by atoms with Crippen molar-refractivity contribution in [3.05, 3.63) is 47.0 Å². The summed E-state index contributed by atoms with van der Waals surface area (Å²) in [6.07, 6.45) is 3.55. The highest BCUT2D eigenvalue weighted by Gasteiger charge is 2.19. The number of nitrogens with one attached hydrogen (secondary N) is 1. The zero-order valence-corrected chi connectivity index (χ0v) is 17.5. The fourth-order valence-electron chi connectivity index (χ4n) is 3.36. The number of carbonyl (C=O) groups excluding carboxylic acids is 1. The third-order valence-electron chi connectivity index (χ3n) is 5.04. The van der Waals surface area contributed by atoms with Crippen molar-refractivity contribution >= 4 is 5.78 Å². The van der Waals surface area contributed by atoms with Crippen LogP contribution in [0.1, 0.15) is 36.0 Å². The maximum absolute atomic E-state index is 12.3. The molecule has 0 amide bonds. The van der Waals surface area contributed by atoms with Gasteiger partial charge in [0.2, 0.25) is 5.75 Å². The minimum absolute atomic E-state index is 0.180. The van der Waals surface area contributed by atoms with Crippen molar-refractivity contribution in [2.75, 3.05) is 27.7 Å². The van der Waals surface area contributed by atoms with Crippen molar-refractivity contribution in [1.82, 2.24) is 0 Å². The van der Waals surface area contributed by atoms with Crippen molar-refractivity contribution in [2.24, 2.45) is 0 Å². The maximum atomic E-state index is 12.3. The second-order valence-electron chi connectivity index (χ2n) is 7.68. The molecule has 0 aliphatic heterocycles. The Balaban J connectivity index is 1.98. The molecule has 0 unspecified atom stereocenters. The second kappa shape index (κ2) is 10.7. The summed E-state index contributed by atoms with van der Waals surface area (Å²) in [6, 6.07) is 8.50. The first-order valence-corrected chi connectivity index (χ1v) is 10.0. The van der Waals surface area contributed by atoms with Crippen LogP contribution in [-0.4, -0.2) is 48.9 Å². The van der Waals surface area contributed by atoms with Gasteiger partial charge in [0, 0.05) is 24.8 Å². The molecule has 0 heterocycles. The highest BCUT2D eigenvalue weighted by atomic mass is 16.5. The van der Waals surface area contributed by atoms with Gasteiger partial charge in [-0.25, -0.2) is 0 Å². The number of hydrogen-bond acceptors (Lipinski definition) is 5. The molecule has 6 nitrogen and oxygen atoms in total. The molecule has 2 aromatic rings. The van der Waals surface area contributed by atoms with E-state index >= 15 is 0 Å². The largest absolute Gasteiger partial charge is 0.508 e. The van der Waals surface area contributed by atoms with Gasteiger partial charge in [-0.2, -0.15) is 0 Å². The minimum atomic E-state index is -0.248. The molecule has 0 saturated carbocycles. The fraction of sp³-hybridized carbons (Fsp3) is 0.435. The van der Waals surface area contributed by atoms with Crippen LogP contribution in [0.5, 0.6) is 23.0 Å². The molecule has 0 saturated heterocycles. The number of Topliss-reactive ketones (excluding diaryl/α,β-unsaturated/α-hetero) is 1. The first kappa shape index (κ1) is 22.6. The molecule has 6 heteroatoms. The van der Waals surface area contributed by atoms with Crippen LogP contribution in [-0.2, 0) is 24.1 Å². The maximum Gasteiger partial charge on any atom is 0.200 e. The predicted octanol–water partition coefficient (Wildman–Crippen LogP) is 2.02. The smallest absolute Gasteiger partial charge is 0.200 e. The lowest BCUT2D eigenvalue weighted by atomic mass is 9.95. The molecule has 0 spiro atoms. The first-order chi connectivity index (χ1) is 13.8. The molecule has 4 N–H and O–H groups in total. The molecular weight excluding hydrogens is 370 g/mol. The van der Waals surface area contributed by atoms with Crippen molar-refractivity contribution < 1.29 is 29.8 Å². The lowest BCUT2D eigenvalue weighted by Gasteiger charge is -2.17. The molecule has 2 rings (SSSR count). The Bertz CT molecular complexity index is 815. The van der Waals surface area contributed by atoms with Crippen LogP contribution < -0.4 is 9.64 Å². The van der Waals surface area contributed by atoms with Crippen LogP contribution >= 0.6 is 0 Å². The topological polar surface area (TPSA) is 91.4 Å². The lowest BCUT2D eigenvalue weighted by Crippen LogP contribution is -3.06. The third-order valence-corrected chi connectivity index (χ3v) is 5.04. The number of hydrogen-bond donors (Lipinski definition) is 4. The zero-order valence-electron chi connectivity index (χ0n) is 17.5. The number of ether oxygens (including phenoxy) is 1. The molecule has 0 radical (unpaired) electrons. The van der Waals surface area contributed by atoms with Gasteiger partial charge in [-0.15, -0.1) is 0 Å². The number of ketones is 1. The quantitative estimate of drug-likeness (QED) is 0.432. The van der Waals surface area contributed by atoms with Gasteiger partial charge in [0.1, 0.15) is 11.5 Å². The van der Waals surface area contributed by atoms with Gasteiger partial charge in [0.15, 0.2) is 11.5 Å². The average molecular weight is 403 g/mol. The van der Waals surface area contributed by atoms with E-state index in [1.165, 1.54) is 12.0 Å². The van der Waals surface area contributed by atoms with Crippen molar-refractivity contribution in [3.63, 3.8) is 0 Å². The third kappa shape index (κ3) is 6.68. The Labute approximate surface area is 172 Å². The molecule has 0 aromatic heterocycles. The summed E-state index contributed by atoms with van der Waals surface area (Å²) in [6.45, 7) is 0.881. The van der Waals surface area contributed by atoms with E-state index in [0.29, 0.717) is 37.9 Å². The summed E-state index contributed by atoms with van der Waals surface area (Å²) < 4.78 is 5.35. The van der Waals surface area contributed by atoms with Gasteiger partial charge >= 0.3 is 0 Å². The standard InChI is InChI=1S/C23H31NO5/c1-24(2)14-13-17-15-21(27)22(28)23(29-3)20(17)6-4-5-18(25)10-7-16-8-11-19(26)12-9-16/h8-9,11-12,15,26-28H,4-7,10,13-14H2,1-3H3/p+1. The minimum Gasteiger partial charge on any atom is -0.508 e. The van der Waals surface area contributed by atoms with Crippen LogP contribution in [0.4, 0.5) is 0 Å². The molecular formula is C23H32NO5+. The van der Waals surface area contributed by atoms with Gasteiger partial charge in [-0.1, -0.05) is 12.1 Å². The average Bonchev–Trinajstić information content (AvgIpc) is 2.69. The summed E-state index contributed by atoms with van der Waals surface area (Å²) in [7, 11) is 5.59. The molecule has 0 atom stereocenters. The Kier molecular flexibility index (Phi) is 8.34. The molecule has 0 bridgehead atoms. The Hall–Kier alpha value is -2.73. The number of rotatable bonds is 11. The van der Waals surface area contributed by atoms with E-state index in [1.807, 2.05) is 12.1 Å². The summed E-state index contributed by atoms with van der Waals surface area (Å²) in [5.74, 6) is 0.268. The van der Waals surface area contributed by atoms with E-state index in [2.05, 4.69) is 14.1 Å². The highest BCUT2D eigenvalue weighted by Crippen LogP contribution is 2.41. The molecule has 0 aliphatic rings. The fourth-order valence-corrected chi connectivity index (χ4v) is 3.36. The van der Waals surface area contributed by atoms with Gasteiger partial charge in [0.05, 0.1) is 27.7 Å². The zero-order chi connectivity index (χ0) is 21.4. The number of quaternary nitrogens is 1. The van der Waals surface area contributed by atoms with Crippen LogP contribution in [0.2, 0.25) is 0 Å². The van der Waals surface area contributed by atoms with Crippen molar-refractivity contribution in [3.8, 4) is 23.0 Å². The number of methoxy groups -OCH3 is 1. The highest BCUT2D eigenvalue weighted by molar-refractivity contribution is 5.78. The Morgan fingerprint density at radius 1 is 1.00 bits per heavy atom. The van der Waals surface area contributed by atoms with E-state index in [1.54, 1.807) is 18.2 Å². The number of aryl methyl sites for hydroxylation is 1. The van der Waals surface area contributed by atoms with Crippen LogP contribution in [0.15, 0.2) is 30.3 Å². The summed E-state index contributed by atoms with van der Waals surface area (Å²) >= 11 is 0. The van der Waals surface area contributed by atoms with Crippen LogP contribution in [0.3, 0.4) is 0 Å². The van der Waals surface area contributed by atoms with E-state index in [4.69, 9.17) is 4.74 Å². The van der Waals surface area contributed by atoms with Gasteiger partial charge in [0.25, 0.3) is 0 Å². The normalized spacial score (nSPS) is 11.0. The number of likely N-dealkylation sites (N-methyl/N-ethyl adjacent to an activating group) is 1. The molecule has 0 fully saturated rings. The van der Waals surface area contributed by atoms with Gasteiger partial charge in [-0.05, 0) is 48.6 Å². The number of phenols is 3. The molecule has 2 aromatic carbocycles. The van der Waals surface area contributed by atoms with Crippen molar-refractivity contribution in [1.29, 1.82) is 0 Å². The SMILES string of the molecule is COc1c(O)c(O)cc(CC[NH+](C)C)c1CCCC(=O)CCc1ccc(O)cc1. The van der Waals surface area contributed by atoms with E-state index in [-0.39, 0.29) is 23.0 Å². The number of benzene rings is 2. The van der Waals surface area contributed by atoms with Crippen LogP contribution in [0.25, 0.3) is 0 Å². The molecule has 158 valence electrons. The molecule has 0 aliphatic carbocycles. The van der Waals surface area contributed by atoms with Gasteiger partial charge in [-0.3, -0.25) is 4.79 Å². The first-order valence-electron chi connectivity index (χ1n) is 10.0. The predicted molar refractivity (Wildman–Crippen MR) is 112 cm³/mol. The summed E-state index contributed by atoms with van der Waals surface area (Å²) in [4.78, 5) is 13.6. The second-order valence-corrected chi connectivity index (χ2v) is 7.68. The summed E-state index contributed by atoms with van der Waals surface area (Å²) in [5.41, 5.74) is 2.82. The van der Waals surface area contributed by atoms with E-state index in [9.17, 15) is 20.1 Å².